The molecule has 1 N–H and O–H groups in total. The Labute approximate surface area is 170 Å². The summed E-state index contributed by atoms with van der Waals surface area (Å²) in [5, 5.41) is 4.05. The molecule has 0 bridgehead atoms. The van der Waals surface area contributed by atoms with Crippen LogP contribution in [0, 0.1) is 0 Å². The third-order valence-electron chi connectivity index (χ3n) is 3.45. The topological polar surface area (TPSA) is 50.7 Å². The first-order chi connectivity index (χ1) is 13.2. The lowest BCUT2D eigenvalue weighted by Crippen LogP contribution is -2.24. The third-order valence-corrected chi connectivity index (χ3v) is 5.04. The molecule has 0 aromatic heterocycles. The summed E-state index contributed by atoms with van der Waals surface area (Å²) in [5.41, 5.74) is 3.42. The van der Waals surface area contributed by atoms with E-state index in [4.69, 9.17) is 4.74 Å². The molecule has 3 aromatic carbocycles. The Morgan fingerprint density at radius 1 is 1.04 bits per heavy atom. The van der Waals surface area contributed by atoms with Gasteiger partial charge >= 0.3 is 0 Å². The summed E-state index contributed by atoms with van der Waals surface area (Å²) in [4.78, 5) is 14.1. The Morgan fingerprint density at radius 3 is 2.63 bits per heavy atom. The Morgan fingerprint density at radius 2 is 1.81 bits per heavy atom. The van der Waals surface area contributed by atoms with E-state index < -0.39 is 0 Å². The Balaban J connectivity index is 1.55. The van der Waals surface area contributed by atoms with E-state index in [0.717, 1.165) is 19.8 Å². The summed E-state index contributed by atoms with van der Waals surface area (Å²) in [5.74, 6) is 0.299. The van der Waals surface area contributed by atoms with Crippen LogP contribution in [0.4, 0.5) is 0 Å². The van der Waals surface area contributed by atoms with Crippen LogP contribution in [0.15, 0.2) is 98.2 Å². The molecule has 0 spiro atoms. The molecule has 4 nitrogen and oxygen atoms in total. The van der Waals surface area contributed by atoms with E-state index in [1.54, 1.807) is 30.1 Å². The summed E-state index contributed by atoms with van der Waals surface area (Å²) < 4.78 is 6.33. The van der Waals surface area contributed by atoms with Crippen LogP contribution < -0.4 is 10.2 Å². The number of ether oxygens (including phenoxy) is 1. The lowest BCUT2D eigenvalue weighted by Gasteiger charge is -2.06. The van der Waals surface area contributed by atoms with Crippen LogP contribution in [0.1, 0.15) is 5.56 Å². The molecule has 0 aliphatic carbocycles. The normalized spacial score (nSPS) is 10.7. The van der Waals surface area contributed by atoms with Crippen LogP contribution in [0.25, 0.3) is 0 Å². The van der Waals surface area contributed by atoms with Crippen molar-refractivity contribution in [1.82, 2.24) is 5.43 Å². The van der Waals surface area contributed by atoms with Gasteiger partial charge in [-0.25, -0.2) is 5.43 Å². The number of hydrogen-bond donors (Lipinski definition) is 1. The van der Waals surface area contributed by atoms with Gasteiger partial charge in [0, 0.05) is 19.8 Å². The van der Waals surface area contributed by atoms with Crippen molar-refractivity contribution in [2.75, 3.05) is 6.61 Å². The number of nitrogens with zero attached hydrogens (tertiary/aromatic N) is 1. The van der Waals surface area contributed by atoms with Gasteiger partial charge in [-0.05, 0) is 36.4 Å². The Bertz CT molecular complexity index is 932. The first kappa shape index (κ1) is 19.2. The van der Waals surface area contributed by atoms with Gasteiger partial charge in [0.1, 0.15) is 5.75 Å². The maximum atomic E-state index is 11.9. The molecule has 0 unspecified atom stereocenters. The van der Waals surface area contributed by atoms with Gasteiger partial charge in [0.2, 0.25) is 0 Å². The van der Waals surface area contributed by atoms with Crippen molar-refractivity contribution in [2.45, 2.75) is 9.79 Å². The molecule has 3 rings (SSSR count). The molecule has 0 atom stereocenters. The molecule has 1 amide bonds. The summed E-state index contributed by atoms with van der Waals surface area (Å²) in [6, 6.07) is 25.3. The number of hydrogen-bond acceptors (Lipinski definition) is 4. The third kappa shape index (κ3) is 6.27. The minimum atomic E-state index is -0.320. The number of nitrogens with one attached hydrogen (secondary N) is 1. The molecular formula is C21H17BrN2O2S. The minimum absolute atomic E-state index is 0.103. The number of carbonyl (C=O) groups is 1. The van der Waals surface area contributed by atoms with Crippen LogP contribution in [-0.2, 0) is 4.79 Å². The highest BCUT2D eigenvalue weighted by molar-refractivity contribution is 9.10. The monoisotopic (exact) mass is 440 g/mol. The van der Waals surface area contributed by atoms with Crippen LogP contribution in [0.2, 0.25) is 0 Å². The quantitative estimate of drug-likeness (QED) is 0.409. The maximum Gasteiger partial charge on any atom is 0.277 e. The smallest absolute Gasteiger partial charge is 0.277 e. The van der Waals surface area contributed by atoms with Crippen molar-refractivity contribution in [3.05, 3.63) is 88.9 Å². The molecule has 0 saturated carbocycles. The van der Waals surface area contributed by atoms with E-state index in [0.29, 0.717) is 5.75 Å². The zero-order valence-corrected chi connectivity index (χ0v) is 16.7. The highest BCUT2D eigenvalue weighted by Crippen LogP contribution is 2.29. The second-order valence-electron chi connectivity index (χ2n) is 5.49. The van der Waals surface area contributed by atoms with Gasteiger partial charge in [-0.2, -0.15) is 5.10 Å². The average Bonchev–Trinajstić information content (AvgIpc) is 2.69. The van der Waals surface area contributed by atoms with Crippen molar-refractivity contribution < 1.29 is 9.53 Å². The standard InChI is InChI=1S/C21H17BrN2O2S/c22-17-8-6-9-18(13-17)26-15-21(25)24-23-14-16-7-4-5-12-20(16)27-19-10-2-1-3-11-19/h1-14H,15H2,(H,24,25)/b23-14+. The van der Waals surface area contributed by atoms with E-state index >= 15 is 0 Å². The SMILES string of the molecule is O=C(COc1cccc(Br)c1)N/N=C/c1ccccc1Sc1ccccc1. The van der Waals surface area contributed by atoms with Gasteiger partial charge in [-0.15, -0.1) is 0 Å². The van der Waals surface area contributed by atoms with Crippen LogP contribution in [0.5, 0.6) is 5.75 Å². The molecule has 27 heavy (non-hydrogen) atoms. The van der Waals surface area contributed by atoms with Gasteiger partial charge in [-0.3, -0.25) is 4.79 Å². The lowest BCUT2D eigenvalue weighted by atomic mass is 10.2. The van der Waals surface area contributed by atoms with E-state index in [9.17, 15) is 4.79 Å². The van der Waals surface area contributed by atoms with Crippen molar-refractivity contribution in [3.63, 3.8) is 0 Å². The fourth-order valence-corrected chi connectivity index (χ4v) is 3.52. The van der Waals surface area contributed by atoms with Crippen molar-refractivity contribution in [1.29, 1.82) is 0 Å². The molecule has 136 valence electrons. The highest BCUT2D eigenvalue weighted by Gasteiger charge is 2.04. The first-order valence-corrected chi connectivity index (χ1v) is 9.84. The number of halogens is 1. The molecule has 0 radical (unpaired) electrons. The summed E-state index contributed by atoms with van der Waals surface area (Å²) in [6.07, 6.45) is 1.64. The molecule has 0 aliphatic rings. The van der Waals surface area contributed by atoms with Gasteiger partial charge in [0.15, 0.2) is 6.61 Å². The highest BCUT2D eigenvalue weighted by atomic mass is 79.9. The van der Waals surface area contributed by atoms with Crippen molar-refractivity contribution >= 4 is 39.8 Å². The zero-order chi connectivity index (χ0) is 18.9. The predicted molar refractivity (Wildman–Crippen MR) is 112 cm³/mol. The molecular weight excluding hydrogens is 424 g/mol. The fourth-order valence-electron chi connectivity index (χ4n) is 2.21. The minimum Gasteiger partial charge on any atom is -0.484 e. The van der Waals surface area contributed by atoms with Gasteiger partial charge in [-0.1, -0.05) is 70.2 Å². The van der Waals surface area contributed by atoms with Crippen LogP contribution in [-0.4, -0.2) is 18.7 Å². The molecule has 0 aliphatic heterocycles. The number of hydrazone groups is 1. The van der Waals surface area contributed by atoms with E-state index in [1.807, 2.05) is 54.6 Å². The number of rotatable bonds is 7. The lowest BCUT2D eigenvalue weighted by molar-refractivity contribution is -0.123. The zero-order valence-electron chi connectivity index (χ0n) is 14.3. The summed E-state index contributed by atoms with van der Waals surface area (Å²) in [6.45, 7) is -0.103. The second-order valence-corrected chi connectivity index (χ2v) is 7.52. The largest absolute Gasteiger partial charge is 0.484 e. The van der Waals surface area contributed by atoms with E-state index in [-0.39, 0.29) is 12.5 Å². The number of carbonyl (C=O) groups excluding carboxylic acids is 1. The van der Waals surface area contributed by atoms with E-state index in [2.05, 4.69) is 38.6 Å². The average molecular weight is 441 g/mol. The van der Waals surface area contributed by atoms with Gasteiger partial charge in [0.05, 0.1) is 6.21 Å². The second kappa shape index (κ2) is 9.94. The van der Waals surface area contributed by atoms with Crippen LogP contribution in [0.3, 0.4) is 0 Å². The maximum absolute atomic E-state index is 11.9. The molecule has 0 saturated heterocycles. The summed E-state index contributed by atoms with van der Waals surface area (Å²) in [7, 11) is 0. The van der Waals surface area contributed by atoms with E-state index in [1.165, 1.54) is 0 Å². The van der Waals surface area contributed by atoms with Crippen molar-refractivity contribution in [2.24, 2.45) is 5.10 Å². The van der Waals surface area contributed by atoms with Crippen molar-refractivity contribution in [3.8, 4) is 5.75 Å². The molecule has 6 heteroatoms. The van der Waals surface area contributed by atoms with Gasteiger partial charge < -0.3 is 4.74 Å². The number of benzene rings is 3. The molecule has 0 fully saturated rings. The predicted octanol–water partition coefficient (Wildman–Crippen LogP) is 5.13. The van der Waals surface area contributed by atoms with Crippen LogP contribution >= 0.6 is 27.7 Å². The Kier molecular flexibility index (Phi) is 7.07. The fraction of sp³-hybridized carbons (Fsp3) is 0.0476. The number of amides is 1. The Hall–Kier alpha value is -2.57. The first-order valence-electron chi connectivity index (χ1n) is 8.23. The summed E-state index contributed by atoms with van der Waals surface area (Å²) >= 11 is 5.01. The van der Waals surface area contributed by atoms with Gasteiger partial charge in [0.25, 0.3) is 5.91 Å². The molecule has 3 aromatic rings. The molecule has 0 heterocycles.